The summed E-state index contributed by atoms with van der Waals surface area (Å²) in [5.41, 5.74) is 3.81. The van der Waals surface area contributed by atoms with Crippen molar-refractivity contribution in [2.45, 2.75) is 25.5 Å². The molecule has 3 aromatic carbocycles. The maximum absolute atomic E-state index is 11.0. The summed E-state index contributed by atoms with van der Waals surface area (Å²) in [6.07, 6.45) is -0.316. The number of hydrogen-bond acceptors (Lipinski definition) is 4. The molecule has 0 fully saturated rings. The molecule has 0 aliphatic heterocycles. The summed E-state index contributed by atoms with van der Waals surface area (Å²) in [5.74, 6) is 1.19. The van der Waals surface area contributed by atoms with Crippen LogP contribution in [0.4, 0.5) is 5.69 Å². The molecule has 0 spiro atoms. The second-order valence-electron chi connectivity index (χ2n) is 7.10. The van der Waals surface area contributed by atoms with Crippen LogP contribution in [0.5, 0.6) is 11.5 Å². The number of benzene rings is 3. The zero-order valence-corrected chi connectivity index (χ0v) is 18.7. The first-order valence-electron chi connectivity index (χ1n) is 9.59. The third-order valence-electron chi connectivity index (χ3n) is 4.99. The van der Waals surface area contributed by atoms with E-state index in [9.17, 15) is 5.11 Å². The smallest absolute Gasteiger partial charge is 0.161 e. The lowest BCUT2D eigenvalue weighted by Crippen LogP contribution is -2.15. The fourth-order valence-corrected chi connectivity index (χ4v) is 3.58. The Balaban J connectivity index is 1.89. The van der Waals surface area contributed by atoms with E-state index in [4.69, 9.17) is 32.7 Å². The summed E-state index contributed by atoms with van der Waals surface area (Å²) in [4.78, 5) is 0. The molecular weight excluding hydrogens is 421 g/mol. The van der Waals surface area contributed by atoms with Gasteiger partial charge in [-0.15, -0.1) is 0 Å². The molecule has 0 aliphatic carbocycles. The molecule has 0 saturated heterocycles. The lowest BCUT2D eigenvalue weighted by Gasteiger charge is -2.24. The van der Waals surface area contributed by atoms with Crippen LogP contribution in [0.15, 0.2) is 60.7 Å². The lowest BCUT2D eigenvalue weighted by molar-refractivity contribution is 0.160. The molecule has 0 radical (unpaired) electrons. The van der Waals surface area contributed by atoms with Gasteiger partial charge in [-0.2, -0.15) is 0 Å². The fraction of sp³-hybridized carbons (Fsp3) is 0.250. The monoisotopic (exact) mass is 445 g/mol. The standard InChI is InChI=1S/C24H25Cl2NO3/c1-15-4-8-18(9-5-15)27-21(16-6-10-19(25)20(26)12-16)14-22(28)17-7-11-23(29-2)24(13-17)30-3/h4-13,21-22,27-28H,14H2,1-3H3. The van der Waals surface area contributed by atoms with Crippen molar-refractivity contribution in [2.75, 3.05) is 19.5 Å². The topological polar surface area (TPSA) is 50.7 Å². The quantitative estimate of drug-likeness (QED) is 0.410. The van der Waals surface area contributed by atoms with Crippen LogP contribution in [0.3, 0.4) is 0 Å². The molecular formula is C24H25Cl2NO3. The van der Waals surface area contributed by atoms with Gasteiger partial charge < -0.3 is 19.9 Å². The molecule has 6 heteroatoms. The van der Waals surface area contributed by atoms with Gasteiger partial charge in [-0.05, 0) is 54.4 Å². The van der Waals surface area contributed by atoms with E-state index in [1.54, 1.807) is 32.4 Å². The first kappa shape index (κ1) is 22.3. The van der Waals surface area contributed by atoms with Gasteiger partial charge in [-0.1, -0.05) is 53.0 Å². The third kappa shape index (κ3) is 5.39. The molecule has 0 saturated carbocycles. The second-order valence-corrected chi connectivity index (χ2v) is 7.92. The largest absolute Gasteiger partial charge is 0.493 e. The molecule has 3 rings (SSSR count). The zero-order chi connectivity index (χ0) is 21.7. The van der Waals surface area contributed by atoms with Crippen molar-refractivity contribution in [3.63, 3.8) is 0 Å². The average molecular weight is 446 g/mol. The van der Waals surface area contributed by atoms with E-state index in [2.05, 4.69) is 5.32 Å². The maximum Gasteiger partial charge on any atom is 0.161 e. The van der Waals surface area contributed by atoms with E-state index < -0.39 is 6.10 Å². The Kier molecular flexibility index (Phi) is 7.48. The molecule has 0 aromatic heterocycles. The van der Waals surface area contributed by atoms with Crippen molar-refractivity contribution in [1.29, 1.82) is 0 Å². The normalized spacial score (nSPS) is 12.9. The number of hydrogen-bond donors (Lipinski definition) is 2. The molecule has 30 heavy (non-hydrogen) atoms. The first-order chi connectivity index (χ1) is 14.4. The fourth-order valence-electron chi connectivity index (χ4n) is 3.28. The molecule has 158 valence electrons. The van der Waals surface area contributed by atoms with Gasteiger partial charge in [0.05, 0.1) is 36.4 Å². The van der Waals surface area contributed by atoms with Gasteiger partial charge >= 0.3 is 0 Å². The van der Waals surface area contributed by atoms with Gasteiger partial charge in [0.2, 0.25) is 0 Å². The molecule has 2 unspecified atom stereocenters. The number of nitrogens with one attached hydrogen (secondary N) is 1. The minimum Gasteiger partial charge on any atom is -0.493 e. The zero-order valence-electron chi connectivity index (χ0n) is 17.2. The van der Waals surface area contributed by atoms with Crippen molar-refractivity contribution >= 4 is 28.9 Å². The molecule has 0 heterocycles. The number of ether oxygens (including phenoxy) is 2. The highest BCUT2D eigenvalue weighted by Crippen LogP contribution is 2.36. The summed E-state index contributed by atoms with van der Waals surface area (Å²) in [6.45, 7) is 2.04. The predicted octanol–water partition coefficient (Wildman–Crippen LogP) is 6.60. The summed E-state index contributed by atoms with van der Waals surface area (Å²) in [5, 5.41) is 15.5. The molecule has 2 atom stereocenters. The summed E-state index contributed by atoms with van der Waals surface area (Å²) >= 11 is 12.4. The average Bonchev–Trinajstić information content (AvgIpc) is 2.76. The number of methoxy groups -OCH3 is 2. The Hall–Kier alpha value is -2.40. The highest BCUT2D eigenvalue weighted by molar-refractivity contribution is 6.42. The Bertz CT molecular complexity index is 992. The van der Waals surface area contributed by atoms with Gasteiger partial charge in [-0.25, -0.2) is 0 Å². The third-order valence-corrected chi connectivity index (χ3v) is 5.73. The highest BCUT2D eigenvalue weighted by Gasteiger charge is 2.20. The number of halogens is 2. The molecule has 3 aromatic rings. The SMILES string of the molecule is COc1ccc(C(O)CC(Nc2ccc(C)cc2)c2ccc(Cl)c(Cl)c2)cc1OC. The van der Waals surface area contributed by atoms with Crippen LogP contribution >= 0.6 is 23.2 Å². The van der Waals surface area contributed by atoms with E-state index in [1.165, 1.54) is 5.56 Å². The van der Waals surface area contributed by atoms with Crippen LogP contribution in [0.1, 0.15) is 35.3 Å². The van der Waals surface area contributed by atoms with Gasteiger partial charge in [0.15, 0.2) is 11.5 Å². The van der Waals surface area contributed by atoms with E-state index in [0.717, 1.165) is 16.8 Å². The first-order valence-corrected chi connectivity index (χ1v) is 10.3. The molecule has 0 aliphatic rings. The molecule has 2 N–H and O–H groups in total. The van der Waals surface area contributed by atoms with Crippen LogP contribution in [0.25, 0.3) is 0 Å². The van der Waals surface area contributed by atoms with E-state index in [-0.39, 0.29) is 6.04 Å². The van der Waals surface area contributed by atoms with E-state index >= 15 is 0 Å². The summed E-state index contributed by atoms with van der Waals surface area (Å²) < 4.78 is 10.7. The number of aliphatic hydroxyl groups is 1. The van der Waals surface area contributed by atoms with Gasteiger partial charge in [-0.3, -0.25) is 0 Å². The van der Waals surface area contributed by atoms with E-state index in [0.29, 0.717) is 28.0 Å². The van der Waals surface area contributed by atoms with Crippen molar-refractivity contribution in [2.24, 2.45) is 0 Å². The predicted molar refractivity (Wildman–Crippen MR) is 123 cm³/mol. The van der Waals surface area contributed by atoms with Crippen LogP contribution in [-0.4, -0.2) is 19.3 Å². The Morgan fingerprint density at radius 3 is 2.13 bits per heavy atom. The van der Waals surface area contributed by atoms with Crippen LogP contribution in [-0.2, 0) is 0 Å². The Labute approximate surface area is 187 Å². The minimum atomic E-state index is -0.734. The van der Waals surface area contributed by atoms with Gasteiger partial charge in [0.25, 0.3) is 0 Å². The molecule has 4 nitrogen and oxygen atoms in total. The maximum atomic E-state index is 11.0. The van der Waals surface area contributed by atoms with Crippen LogP contribution in [0, 0.1) is 6.92 Å². The number of rotatable bonds is 8. The number of anilines is 1. The van der Waals surface area contributed by atoms with Crippen molar-refractivity contribution in [3.05, 3.63) is 87.4 Å². The Morgan fingerprint density at radius 2 is 1.50 bits per heavy atom. The summed E-state index contributed by atoms with van der Waals surface area (Å²) in [7, 11) is 3.16. The van der Waals surface area contributed by atoms with Crippen LogP contribution in [0.2, 0.25) is 10.0 Å². The second kappa shape index (κ2) is 10.1. The van der Waals surface area contributed by atoms with Crippen LogP contribution < -0.4 is 14.8 Å². The number of aryl methyl sites for hydroxylation is 1. The van der Waals surface area contributed by atoms with Crippen molar-refractivity contribution in [3.8, 4) is 11.5 Å². The van der Waals surface area contributed by atoms with Gasteiger partial charge in [0.1, 0.15) is 0 Å². The van der Waals surface area contributed by atoms with E-state index in [1.807, 2.05) is 49.4 Å². The minimum absolute atomic E-state index is 0.189. The lowest BCUT2D eigenvalue weighted by atomic mass is 9.96. The molecule has 0 amide bonds. The van der Waals surface area contributed by atoms with Crippen molar-refractivity contribution in [1.82, 2.24) is 0 Å². The number of aliphatic hydroxyl groups excluding tert-OH is 1. The summed E-state index contributed by atoms with van der Waals surface area (Å²) in [6, 6.07) is 18.9. The Morgan fingerprint density at radius 1 is 0.833 bits per heavy atom. The highest BCUT2D eigenvalue weighted by atomic mass is 35.5. The molecule has 0 bridgehead atoms. The van der Waals surface area contributed by atoms with Gasteiger partial charge in [0, 0.05) is 12.1 Å². The van der Waals surface area contributed by atoms with Crippen molar-refractivity contribution < 1.29 is 14.6 Å².